The Bertz CT molecular complexity index is 1160. The topological polar surface area (TPSA) is 72.6 Å². The Kier molecular flexibility index (Phi) is 5.99. The van der Waals surface area contributed by atoms with E-state index in [-0.39, 0.29) is 11.8 Å². The minimum atomic E-state index is -0.797. The van der Waals surface area contributed by atoms with E-state index in [0.29, 0.717) is 37.2 Å². The summed E-state index contributed by atoms with van der Waals surface area (Å²) in [6, 6.07) is 23.5. The zero-order valence-electron chi connectivity index (χ0n) is 18.5. The number of benzene rings is 3. The second-order valence-electron chi connectivity index (χ2n) is 8.56. The van der Waals surface area contributed by atoms with Crippen LogP contribution in [0.25, 0.3) is 11.1 Å². The van der Waals surface area contributed by atoms with Crippen LogP contribution in [-0.4, -0.2) is 36.9 Å². The summed E-state index contributed by atoms with van der Waals surface area (Å²) in [5.74, 6) is 0.153. The molecule has 0 radical (unpaired) electrons. The van der Waals surface area contributed by atoms with Crippen LogP contribution in [0.4, 0.5) is 0 Å². The van der Waals surface area contributed by atoms with Gasteiger partial charge in [0.1, 0.15) is 5.75 Å². The maximum Gasteiger partial charge on any atom is 0.254 e. The van der Waals surface area contributed by atoms with Gasteiger partial charge in [0, 0.05) is 18.7 Å². The highest BCUT2D eigenvalue weighted by molar-refractivity contribution is 5.95. The molecule has 0 bridgehead atoms. The molecular weight excluding hydrogens is 400 g/mol. The van der Waals surface area contributed by atoms with Gasteiger partial charge in [0.15, 0.2) is 0 Å². The Morgan fingerprint density at radius 2 is 1.81 bits per heavy atom. The number of likely N-dealkylation sites (tertiary alicyclic amines) is 1. The van der Waals surface area contributed by atoms with Crippen molar-refractivity contribution in [1.29, 1.82) is 0 Å². The minimum absolute atomic E-state index is 0.112. The molecule has 0 spiro atoms. The van der Waals surface area contributed by atoms with Gasteiger partial charge in [-0.25, -0.2) is 0 Å². The van der Waals surface area contributed by atoms with Crippen LogP contribution >= 0.6 is 0 Å². The van der Waals surface area contributed by atoms with Gasteiger partial charge in [0.05, 0.1) is 12.5 Å². The van der Waals surface area contributed by atoms with E-state index >= 15 is 0 Å². The Labute approximate surface area is 188 Å². The van der Waals surface area contributed by atoms with E-state index in [2.05, 4.69) is 37.3 Å². The number of amides is 2. The highest BCUT2D eigenvalue weighted by Crippen LogP contribution is 2.38. The summed E-state index contributed by atoms with van der Waals surface area (Å²) in [7, 11) is 1.57. The van der Waals surface area contributed by atoms with Crippen molar-refractivity contribution in [3.63, 3.8) is 0 Å². The van der Waals surface area contributed by atoms with Crippen molar-refractivity contribution in [2.24, 2.45) is 11.1 Å². The number of methoxy groups -OCH3 is 1. The second-order valence-corrected chi connectivity index (χ2v) is 8.56. The summed E-state index contributed by atoms with van der Waals surface area (Å²) in [6.07, 6.45) is 1.04. The molecule has 0 saturated carbocycles. The smallest absolute Gasteiger partial charge is 0.254 e. The Morgan fingerprint density at radius 1 is 1.03 bits per heavy atom. The lowest BCUT2D eigenvalue weighted by atomic mass is 9.78. The second kappa shape index (κ2) is 8.87. The molecule has 1 atom stereocenters. The van der Waals surface area contributed by atoms with Gasteiger partial charge in [0.25, 0.3) is 5.91 Å². The first-order valence-corrected chi connectivity index (χ1v) is 10.8. The van der Waals surface area contributed by atoms with Crippen molar-refractivity contribution in [3.05, 3.63) is 89.5 Å². The number of primary amides is 1. The third-order valence-electron chi connectivity index (χ3n) is 6.36. The lowest BCUT2D eigenvalue weighted by molar-refractivity contribution is -0.126. The van der Waals surface area contributed by atoms with Crippen molar-refractivity contribution in [2.75, 3.05) is 20.2 Å². The van der Waals surface area contributed by atoms with Crippen molar-refractivity contribution in [2.45, 2.75) is 19.8 Å². The van der Waals surface area contributed by atoms with Gasteiger partial charge in [-0.2, -0.15) is 0 Å². The molecule has 3 aromatic rings. The summed E-state index contributed by atoms with van der Waals surface area (Å²) in [5, 5.41) is 0. The fourth-order valence-corrected chi connectivity index (χ4v) is 4.55. The molecule has 4 rings (SSSR count). The van der Waals surface area contributed by atoms with Crippen LogP contribution < -0.4 is 10.5 Å². The highest BCUT2D eigenvalue weighted by atomic mass is 16.5. The molecular formula is C27H28N2O3. The summed E-state index contributed by atoms with van der Waals surface area (Å²) in [5.41, 5.74) is 10.1. The summed E-state index contributed by atoms with van der Waals surface area (Å²) < 4.78 is 5.24. The molecule has 1 saturated heterocycles. The maximum atomic E-state index is 13.1. The predicted molar refractivity (Wildman–Crippen MR) is 125 cm³/mol. The first-order valence-electron chi connectivity index (χ1n) is 10.8. The maximum absolute atomic E-state index is 13.1. The average Bonchev–Trinajstić information content (AvgIpc) is 3.24. The molecule has 3 aromatic carbocycles. The van der Waals surface area contributed by atoms with E-state index in [9.17, 15) is 9.59 Å². The summed E-state index contributed by atoms with van der Waals surface area (Å²) >= 11 is 0. The van der Waals surface area contributed by atoms with Crippen LogP contribution in [0.15, 0.2) is 72.8 Å². The summed E-state index contributed by atoms with van der Waals surface area (Å²) in [4.78, 5) is 27.6. The zero-order valence-corrected chi connectivity index (χ0v) is 18.5. The van der Waals surface area contributed by atoms with E-state index in [1.54, 1.807) is 36.3 Å². The normalized spacial score (nSPS) is 17.9. The molecule has 0 aromatic heterocycles. The lowest BCUT2D eigenvalue weighted by Gasteiger charge is -2.27. The molecule has 0 aliphatic carbocycles. The number of aryl methyl sites for hydroxylation is 1. The fraction of sp³-hybridized carbons (Fsp3) is 0.259. The number of nitrogens with zero attached hydrogens (tertiary/aromatic N) is 1. The van der Waals surface area contributed by atoms with Gasteiger partial charge < -0.3 is 15.4 Å². The van der Waals surface area contributed by atoms with Crippen LogP contribution in [0.3, 0.4) is 0 Å². The molecule has 2 amide bonds. The van der Waals surface area contributed by atoms with Crippen LogP contribution in [0.2, 0.25) is 0 Å². The third kappa shape index (κ3) is 4.24. The van der Waals surface area contributed by atoms with Crippen molar-refractivity contribution >= 4 is 11.8 Å². The number of hydrogen-bond acceptors (Lipinski definition) is 3. The Balaban J connectivity index is 1.62. The fourth-order valence-electron chi connectivity index (χ4n) is 4.55. The van der Waals surface area contributed by atoms with Gasteiger partial charge >= 0.3 is 0 Å². The molecule has 5 heteroatoms. The van der Waals surface area contributed by atoms with E-state index in [1.807, 2.05) is 18.2 Å². The molecule has 1 unspecified atom stereocenters. The lowest BCUT2D eigenvalue weighted by Crippen LogP contribution is -2.42. The van der Waals surface area contributed by atoms with Gasteiger partial charge in [-0.1, -0.05) is 60.2 Å². The van der Waals surface area contributed by atoms with Crippen LogP contribution in [-0.2, 0) is 11.2 Å². The van der Waals surface area contributed by atoms with Crippen molar-refractivity contribution < 1.29 is 14.3 Å². The number of ether oxygens (including phenoxy) is 1. The van der Waals surface area contributed by atoms with E-state index < -0.39 is 5.41 Å². The van der Waals surface area contributed by atoms with Crippen LogP contribution in [0.5, 0.6) is 5.75 Å². The number of nitrogens with two attached hydrogens (primary N) is 1. The number of rotatable bonds is 6. The van der Waals surface area contributed by atoms with Gasteiger partial charge in [-0.15, -0.1) is 0 Å². The number of carbonyl (C=O) groups is 2. The first-order chi connectivity index (χ1) is 15.4. The predicted octanol–water partition coefficient (Wildman–Crippen LogP) is 4.23. The Morgan fingerprint density at radius 3 is 2.56 bits per heavy atom. The number of carbonyl (C=O) groups excluding carboxylic acids is 2. The van der Waals surface area contributed by atoms with E-state index in [4.69, 9.17) is 10.5 Å². The molecule has 1 aliphatic heterocycles. The standard InChI is InChI=1S/C27H28N2O3/c1-19-7-5-9-20(15-19)24-12-4-3-8-22(24)17-27(26(28)31)13-14-29(18-27)25(30)21-10-6-11-23(16-21)32-2/h3-12,15-16H,13-14,17-18H2,1-2H3,(H2,28,31). The Hall–Kier alpha value is -3.60. The molecule has 32 heavy (non-hydrogen) atoms. The van der Waals surface area contributed by atoms with Crippen molar-refractivity contribution in [1.82, 2.24) is 4.90 Å². The van der Waals surface area contributed by atoms with Gasteiger partial charge in [-0.3, -0.25) is 9.59 Å². The average molecular weight is 429 g/mol. The van der Waals surface area contributed by atoms with Crippen molar-refractivity contribution in [3.8, 4) is 16.9 Å². The summed E-state index contributed by atoms with van der Waals surface area (Å²) in [6.45, 7) is 2.86. The molecule has 1 fully saturated rings. The van der Waals surface area contributed by atoms with Crippen LogP contribution in [0, 0.1) is 12.3 Å². The minimum Gasteiger partial charge on any atom is -0.497 e. The molecule has 2 N–H and O–H groups in total. The number of hydrogen-bond donors (Lipinski definition) is 1. The van der Waals surface area contributed by atoms with Gasteiger partial charge in [-0.05, 0) is 54.7 Å². The molecule has 1 aliphatic rings. The van der Waals surface area contributed by atoms with Gasteiger partial charge in [0.2, 0.25) is 5.91 Å². The van der Waals surface area contributed by atoms with E-state index in [1.165, 1.54) is 5.56 Å². The molecule has 5 nitrogen and oxygen atoms in total. The first kappa shape index (κ1) is 21.6. The highest BCUT2D eigenvalue weighted by Gasteiger charge is 2.45. The third-order valence-corrected chi connectivity index (χ3v) is 6.36. The molecule has 1 heterocycles. The van der Waals surface area contributed by atoms with Crippen LogP contribution in [0.1, 0.15) is 27.9 Å². The molecule has 164 valence electrons. The zero-order chi connectivity index (χ0) is 22.7. The monoisotopic (exact) mass is 428 g/mol. The van der Waals surface area contributed by atoms with E-state index in [0.717, 1.165) is 16.7 Å². The quantitative estimate of drug-likeness (QED) is 0.639. The SMILES string of the molecule is COc1cccc(C(=O)N2CCC(Cc3ccccc3-c3cccc(C)c3)(C(N)=O)C2)c1. The largest absolute Gasteiger partial charge is 0.497 e.